The summed E-state index contributed by atoms with van der Waals surface area (Å²) in [6.07, 6.45) is 1.72. The minimum atomic E-state index is -0.473. The number of hydrogen-bond donors (Lipinski definition) is 0. The highest BCUT2D eigenvalue weighted by Gasteiger charge is 2.28. The van der Waals surface area contributed by atoms with Crippen LogP contribution in [0.25, 0.3) is 0 Å². The van der Waals surface area contributed by atoms with Crippen molar-refractivity contribution in [2.24, 2.45) is 0 Å². The van der Waals surface area contributed by atoms with Crippen molar-refractivity contribution >= 4 is 0 Å². The molecular formula is C13H17O3. The molecule has 3 nitrogen and oxygen atoms in total. The van der Waals surface area contributed by atoms with E-state index in [-0.39, 0.29) is 0 Å². The van der Waals surface area contributed by atoms with Gasteiger partial charge < -0.3 is 14.2 Å². The summed E-state index contributed by atoms with van der Waals surface area (Å²) in [6, 6.07) is 10.4. The molecule has 0 atom stereocenters. The van der Waals surface area contributed by atoms with Gasteiger partial charge >= 0.3 is 0 Å². The largest absolute Gasteiger partial charge is 0.493 e. The average Bonchev–Trinajstić information content (AvgIpc) is 2.31. The second-order valence-electron chi connectivity index (χ2n) is 4.02. The third-order valence-electron chi connectivity index (χ3n) is 2.62. The molecule has 1 heterocycles. The van der Waals surface area contributed by atoms with Gasteiger partial charge in [-0.3, -0.25) is 0 Å². The standard InChI is InChI=1S/C13H17O3/c1-13(15-9-5-10-16-13)8-11-14-12-6-3-2-4-7-12/h3-4,6-7H,5,8-11H2,1H3. The highest BCUT2D eigenvalue weighted by Crippen LogP contribution is 2.22. The van der Waals surface area contributed by atoms with Crippen molar-refractivity contribution < 1.29 is 14.2 Å². The van der Waals surface area contributed by atoms with Gasteiger partial charge in [-0.05, 0) is 31.5 Å². The molecule has 1 aromatic rings. The van der Waals surface area contributed by atoms with E-state index >= 15 is 0 Å². The molecule has 1 saturated heterocycles. The van der Waals surface area contributed by atoms with Crippen LogP contribution in [0.3, 0.4) is 0 Å². The maximum Gasteiger partial charge on any atom is 0.168 e. The van der Waals surface area contributed by atoms with Gasteiger partial charge in [0.25, 0.3) is 0 Å². The lowest BCUT2D eigenvalue weighted by molar-refractivity contribution is -0.260. The highest BCUT2D eigenvalue weighted by atomic mass is 16.7. The van der Waals surface area contributed by atoms with Gasteiger partial charge in [-0.2, -0.15) is 0 Å². The summed E-state index contributed by atoms with van der Waals surface area (Å²) in [6.45, 7) is 4.11. The van der Waals surface area contributed by atoms with Crippen LogP contribution in [0.1, 0.15) is 19.8 Å². The van der Waals surface area contributed by atoms with Crippen LogP contribution in [-0.2, 0) is 9.47 Å². The zero-order chi connectivity index (χ0) is 11.3. The monoisotopic (exact) mass is 221 g/mol. The molecular weight excluding hydrogens is 204 g/mol. The van der Waals surface area contributed by atoms with E-state index in [1.165, 1.54) is 0 Å². The quantitative estimate of drug-likeness (QED) is 0.781. The molecule has 0 amide bonds. The third-order valence-corrected chi connectivity index (χ3v) is 2.62. The molecule has 0 unspecified atom stereocenters. The second-order valence-corrected chi connectivity index (χ2v) is 4.02. The average molecular weight is 221 g/mol. The van der Waals surface area contributed by atoms with Crippen molar-refractivity contribution in [2.45, 2.75) is 25.6 Å². The zero-order valence-electron chi connectivity index (χ0n) is 9.57. The number of rotatable bonds is 4. The van der Waals surface area contributed by atoms with Crippen molar-refractivity contribution in [3.63, 3.8) is 0 Å². The molecule has 0 aromatic heterocycles. The van der Waals surface area contributed by atoms with Crippen molar-refractivity contribution in [3.8, 4) is 5.75 Å². The Kier molecular flexibility index (Phi) is 3.80. The fourth-order valence-electron chi connectivity index (χ4n) is 1.64. The van der Waals surface area contributed by atoms with E-state index in [1.807, 2.05) is 31.2 Å². The molecule has 2 rings (SSSR count). The van der Waals surface area contributed by atoms with E-state index < -0.39 is 5.79 Å². The lowest BCUT2D eigenvalue weighted by atomic mass is 10.2. The van der Waals surface area contributed by atoms with Crippen LogP contribution in [0, 0.1) is 6.07 Å². The van der Waals surface area contributed by atoms with Gasteiger partial charge in [0, 0.05) is 6.42 Å². The van der Waals surface area contributed by atoms with Crippen LogP contribution in [0.4, 0.5) is 0 Å². The van der Waals surface area contributed by atoms with E-state index in [0.717, 1.165) is 31.8 Å². The summed E-state index contributed by atoms with van der Waals surface area (Å²) in [5.41, 5.74) is 0. The van der Waals surface area contributed by atoms with Gasteiger partial charge in [0.15, 0.2) is 5.79 Å². The maximum atomic E-state index is 5.59. The minimum absolute atomic E-state index is 0.473. The first-order valence-corrected chi connectivity index (χ1v) is 5.65. The minimum Gasteiger partial charge on any atom is -0.493 e. The predicted molar refractivity (Wildman–Crippen MR) is 60.3 cm³/mol. The van der Waals surface area contributed by atoms with Crippen LogP contribution in [-0.4, -0.2) is 25.6 Å². The van der Waals surface area contributed by atoms with Crippen LogP contribution in [0.5, 0.6) is 5.75 Å². The Hall–Kier alpha value is -1.06. The molecule has 0 N–H and O–H groups in total. The number of benzene rings is 1. The number of hydrogen-bond acceptors (Lipinski definition) is 3. The summed E-state index contributed by atoms with van der Waals surface area (Å²) in [5.74, 6) is 0.386. The van der Waals surface area contributed by atoms with Crippen molar-refractivity contribution in [1.82, 2.24) is 0 Å². The van der Waals surface area contributed by atoms with Gasteiger partial charge in [0.05, 0.1) is 19.8 Å². The number of ether oxygens (including phenoxy) is 3. The Morgan fingerprint density at radius 3 is 2.69 bits per heavy atom. The summed E-state index contributed by atoms with van der Waals surface area (Å²) in [4.78, 5) is 0. The Bertz CT molecular complexity index is 304. The first kappa shape index (κ1) is 11.4. The molecule has 0 saturated carbocycles. The lowest BCUT2D eigenvalue weighted by Crippen LogP contribution is -2.38. The molecule has 3 heteroatoms. The molecule has 0 spiro atoms. The van der Waals surface area contributed by atoms with Gasteiger partial charge in [-0.15, -0.1) is 0 Å². The maximum absolute atomic E-state index is 5.59. The van der Waals surface area contributed by atoms with Crippen LogP contribution in [0.15, 0.2) is 24.3 Å². The zero-order valence-corrected chi connectivity index (χ0v) is 9.57. The van der Waals surface area contributed by atoms with Crippen molar-refractivity contribution in [2.75, 3.05) is 19.8 Å². The molecule has 16 heavy (non-hydrogen) atoms. The molecule has 0 aliphatic carbocycles. The SMILES string of the molecule is CC1(CCOc2cc[c]cc2)OCCCO1. The van der Waals surface area contributed by atoms with E-state index in [0.29, 0.717) is 6.61 Å². The lowest BCUT2D eigenvalue weighted by Gasteiger charge is -2.33. The van der Waals surface area contributed by atoms with Gasteiger partial charge in [0.2, 0.25) is 0 Å². The van der Waals surface area contributed by atoms with Crippen LogP contribution >= 0.6 is 0 Å². The Balaban J connectivity index is 1.75. The summed E-state index contributed by atoms with van der Waals surface area (Å²) in [5, 5.41) is 0. The molecule has 0 bridgehead atoms. The Morgan fingerprint density at radius 2 is 2.00 bits per heavy atom. The van der Waals surface area contributed by atoms with E-state index in [9.17, 15) is 0 Å². The van der Waals surface area contributed by atoms with Gasteiger partial charge in [-0.1, -0.05) is 12.1 Å². The molecule has 1 aromatic carbocycles. The summed E-state index contributed by atoms with van der Waals surface area (Å²) >= 11 is 0. The smallest absolute Gasteiger partial charge is 0.168 e. The highest BCUT2D eigenvalue weighted by molar-refractivity contribution is 5.20. The Labute approximate surface area is 96.3 Å². The van der Waals surface area contributed by atoms with E-state index in [2.05, 4.69) is 6.07 Å². The third kappa shape index (κ3) is 3.22. The van der Waals surface area contributed by atoms with Gasteiger partial charge in [0.1, 0.15) is 5.75 Å². The van der Waals surface area contributed by atoms with Crippen molar-refractivity contribution in [1.29, 1.82) is 0 Å². The first-order valence-electron chi connectivity index (χ1n) is 5.65. The van der Waals surface area contributed by atoms with E-state index in [1.54, 1.807) is 0 Å². The summed E-state index contributed by atoms with van der Waals surface area (Å²) in [7, 11) is 0. The predicted octanol–water partition coefficient (Wildman–Crippen LogP) is 2.41. The molecule has 1 aliphatic rings. The summed E-state index contributed by atoms with van der Waals surface area (Å²) < 4.78 is 16.8. The molecule has 87 valence electrons. The van der Waals surface area contributed by atoms with Gasteiger partial charge in [-0.25, -0.2) is 0 Å². The van der Waals surface area contributed by atoms with Crippen molar-refractivity contribution in [3.05, 3.63) is 30.3 Å². The normalized spacial score (nSPS) is 19.3. The topological polar surface area (TPSA) is 27.7 Å². The first-order chi connectivity index (χ1) is 7.79. The van der Waals surface area contributed by atoms with E-state index in [4.69, 9.17) is 14.2 Å². The Morgan fingerprint density at radius 1 is 1.31 bits per heavy atom. The molecule has 1 radical (unpaired) electrons. The molecule has 1 fully saturated rings. The van der Waals surface area contributed by atoms with Crippen LogP contribution in [0.2, 0.25) is 0 Å². The fourth-order valence-corrected chi connectivity index (χ4v) is 1.64. The molecule has 1 aliphatic heterocycles. The van der Waals surface area contributed by atoms with Crippen LogP contribution < -0.4 is 4.74 Å². The fraction of sp³-hybridized carbons (Fsp3) is 0.538. The second kappa shape index (κ2) is 5.32.